The minimum absolute atomic E-state index is 0.0264. The lowest BCUT2D eigenvalue weighted by molar-refractivity contribution is 0.0971. The maximum absolute atomic E-state index is 13.7. The van der Waals surface area contributed by atoms with Gasteiger partial charge in [-0.2, -0.15) is 0 Å². The van der Waals surface area contributed by atoms with Crippen molar-refractivity contribution in [2.45, 2.75) is 19.4 Å². The second-order valence-electron chi connectivity index (χ2n) is 6.98. The van der Waals surface area contributed by atoms with E-state index < -0.39 is 6.04 Å². The Morgan fingerprint density at radius 1 is 1.03 bits per heavy atom. The maximum atomic E-state index is 13.7. The largest absolute Gasteiger partial charge is 0.497 e. The molecule has 0 saturated heterocycles. The number of fused-ring (bicyclic) bond motifs is 1. The molecule has 0 saturated carbocycles. The maximum Gasteiger partial charge on any atom is 0.191 e. The number of para-hydroxylation sites is 1. The van der Waals surface area contributed by atoms with Crippen molar-refractivity contribution in [1.82, 2.24) is 4.98 Å². The lowest BCUT2D eigenvalue weighted by atomic mass is 9.96. The summed E-state index contributed by atoms with van der Waals surface area (Å²) in [4.78, 5) is 17.0. The van der Waals surface area contributed by atoms with Gasteiger partial charge in [0.15, 0.2) is 5.78 Å². The molecule has 0 aliphatic carbocycles. The van der Waals surface area contributed by atoms with Gasteiger partial charge < -0.3 is 15.0 Å². The molecule has 0 spiro atoms. The molecule has 4 heteroatoms. The van der Waals surface area contributed by atoms with Crippen LogP contribution < -0.4 is 10.1 Å². The average Bonchev–Trinajstić information content (AvgIpc) is 3.22. The molecule has 1 unspecified atom stereocenters. The lowest BCUT2D eigenvalue weighted by Crippen LogP contribution is -2.21. The van der Waals surface area contributed by atoms with Crippen molar-refractivity contribution in [2.75, 3.05) is 12.4 Å². The molecule has 29 heavy (non-hydrogen) atoms. The van der Waals surface area contributed by atoms with Gasteiger partial charge in [-0.1, -0.05) is 61.5 Å². The first-order valence-corrected chi connectivity index (χ1v) is 9.80. The van der Waals surface area contributed by atoms with Gasteiger partial charge in [0, 0.05) is 34.4 Å². The van der Waals surface area contributed by atoms with Gasteiger partial charge in [0.1, 0.15) is 11.8 Å². The van der Waals surface area contributed by atoms with Gasteiger partial charge in [-0.3, -0.25) is 4.79 Å². The molecule has 0 amide bonds. The summed E-state index contributed by atoms with van der Waals surface area (Å²) in [5.41, 5.74) is 4.69. The highest BCUT2D eigenvalue weighted by Crippen LogP contribution is 2.30. The number of benzene rings is 3. The van der Waals surface area contributed by atoms with E-state index in [2.05, 4.69) is 23.3 Å². The second kappa shape index (κ2) is 8.23. The fourth-order valence-electron chi connectivity index (χ4n) is 3.70. The van der Waals surface area contributed by atoms with E-state index in [1.54, 1.807) is 7.11 Å². The van der Waals surface area contributed by atoms with Gasteiger partial charge in [-0.05, 0) is 29.7 Å². The Hall–Kier alpha value is -3.53. The molecule has 0 bridgehead atoms. The Morgan fingerprint density at radius 3 is 2.59 bits per heavy atom. The van der Waals surface area contributed by atoms with Crippen molar-refractivity contribution >= 4 is 22.4 Å². The van der Waals surface area contributed by atoms with Gasteiger partial charge in [-0.15, -0.1) is 0 Å². The number of Topliss-reactive ketones (excluding diaryl/α,β-unsaturated/α-hetero) is 1. The normalized spacial score (nSPS) is 11.9. The summed E-state index contributed by atoms with van der Waals surface area (Å²) in [5, 5.41) is 4.37. The minimum Gasteiger partial charge on any atom is -0.497 e. The third kappa shape index (κ3) is 3.74. The third-order valence-electron chi connectivity index (χ3n) is 5.22. The van der Waals surface area contributed by atoms with Gasteiger partial charge in [0.05, 0.1) is 7.11 Å². The van der Waals surface area contributed by atoms with Crippen LogP contribution in [0.25, 0.3) is 10.9 Å². The number of methoxy groups -OCH3 is 1. The van der Waals surface area contributed by atoms with E-state index in [1.807, 2.05) is 72.9 Å². The fraction of sp³-hybridized carbons (Fsp3) is 0.160. The molecule has 2 N–H and O–H groups in total. The first-order chi connectivity index (χ1) is 14.2. The number of nitrogens with one attached hydrogen (secondary N) is 2. The second-order valence-corrected chi connectivity index (χ2v) is 6.98. The van der Waals surface area contributed by atoms with Crippen LogP contribution in [0.5, 0.6) is 5.75 Å². The standard InChI is InChI=1S/C25H24N2O2/c1-3-17-11-7-14-21-22(16-26-23(17)21)25(28)24(18-9-5-4-6-10-18)27-19-12-8-13-20(15-19)29-2/h4-16,24,26-27H,3H2,1-2H3. The molecule has 4 rings (SSSR count). The molecule has 146 valence electrons. The zero-order valence-electron chi connectivity index (χ0n) is 16.6. The van der Waals surface area contributed by atoms with E-state index in [1.165, 1.54) is 5.56 Å². The third-order valence-corrected chi connectivity index (χ3v) is 5.22. The molecule has 0 fully saturated rings. The van der Waals surface area contributed by atoms with Crippen LogP contribution in [-0.4, -0.2) is 17.9 Å². The number of ketones is 1. The van der Waals surface area contributed by atoms with Gasteiger partial charge in [0.2, 0.25) is 0 Å². The van der Waals surface area contributed by atoms with Crippen LogP contribution in [0.1, 0.15) is 34.5 Å². The molecular weight excluding hydrogens is 360 g/mol. The summed E-state index contributed by atoms with van der Waals surface area (Å²) in [6, 6.07) is 23.0. The van der Waals surface area contributed by atoms with Gasteiger partial charge in [-0.25, -0.2) is 0 Å². The Balaban J connectivity index is 1.76. The van der Waals surface area contributed by atoms with Crippen molar-refractivity contribution in [3.05, 3.63) is 95.7 Å². The number of aromatic nitrogens is 1. The van der Waals surface area contributed by atoms with Crippen LogP contribution in [0.3, 0.4) is 0 Å². The van der Waals surface area contributed by atoms with Crippen molar-refractivity contribution in [3.8, 4) is 5.75 Å². The number of ether oxygens (including phenoxy) is 1. The summed E-state index contributed by atoms with van der Waals surface area (Å²) >= 11 is 0. The minimum atomic E-state index is -0.507. The van der Waals surface area contributed by atoms with Gasteiger partial charge >= 0.3 is 0 Å². The van der Waals surface area contributed by atoms with E-state index in [0.717, 1.165) is 34.3 Å². The predicted octanol–water partition coefficient (Wildman–Crippen LogP) is 5.78. The quantitative estimate of drug-likeness (QED) is 0.397. The number of carbonyl (C=O) groups is 1. The van der Waals surface area contributed by atoms with E-state index in [9.17, 15) is 4.79 Å². The fourth-order valence-corrected chi connectivity index (χ4v) is 3.70. The van der Waals surface area contributed by atoms with Crippen LogP contribution >= 0.6 is 0 Å². The summed E-state index contributed by atoms with van der Waals surface area (Å²) in [6.07, 6.45) is 2.74. The SMILES string of the molecule is CCc1cccc2c(C(=O)C(Nc3cccc(OC)c3)c3ccccc3)c[nH]c12. The number of H-pyrrole nitrogens is 1. The topological polar surface area (TPSA) is 54.1 Å². The molecule has 1 atom stereocenters. The first-order valence-electron chi connectivity index (χ1n) is 9.80. The zero-order valence-corrected chi connectivity index (χ0v) is 16.6. The Bertz CT molecular complexity index is 1130. The molecule has 4 nitrogen and oxygen atoms in total. The van der Waals surface area contributed by atoms with E-state index in [4.69, 9.17) is 4.74 Å². The summed E-state index contributed by atoms with van der Waals surface area (Å²) in [7, 11) is 1.64. The number of hydrogen-bond donors (Lipinski definition) is 2. The molecule has 4 aromatic rings. The van der Waals surface area contributed by atoms with Crippen molar-refractivity contribution in [3.63, 3.8) is 0 Å². The molecule has 1 heterocycles. The van der Waals surface area contributed by atoms with Crippen LogP contribution in [-0.2, 0) is 6.42 Å². The Morgan fingerprint density at radius 2 is 1.83 bits per heavy atom. The van der Waals surface area contributed by atoms with E-state index in [-0.39, 0.29) is 5.78 Å². The molecule has 0 aliphatic heterocycles. The Labute approximate surface area is 170 Å². The van der Waals surface area contributed by atoms with Crippen molar-refractivity contribution in [2.24, 2.45) is 0 Å². The smallest absolute Gasteiger partial charge is 0.191 e. The van der Waals surface area contributed by atoms with Gasteiger partial charge in [0.25, 0.3) is 0 Å². The predicted molar refractivity (Wildman–Crippen MR) is 118 cm³/mol. The molecule has 3 aromatic carbocycles. The summed E-state index contributed by atoms with van der Waals surface area (Å²) in [5.74, 6) is 0.771. The van der Waals surface area contributed by atoms with E-state index >= 15 is 0 Å². The van der Waals surface area contributed by atoms with Crippen LogP contribution in [0.4, 0.5) is 5.69 Å². The van der Waals surface area contributed by atoms with Crippen LogP contribution in [0.2, 0.25) is 0 Å². The molecular formula is C25H24N2O2. The average molecular weight is 384 g/mol. The van der Waals surface area contributed by atoms with Crippen LogP contribution in [0.15, 0.2) is 79.0 Å². The zero-order chi connectivity index (χ0) is 20.2. The molecule has 0 aliphatic rings. The first kappa shape index (κ1) is 18.8. The van der Waals surface area contributed by atoms with Crippen molar-refractivity contribution < 1.29 is 9.53 Å². The summed E-state index contributed by atoms with van der Waals surface area (Å²) < 4.78 is 5.33. The highest BCUT2D eigenvalue weighted by Gasteiger charge is 2.25. The number of anilines is 1. The monoisotopic (exact) mass is 384 g/mol. The number of carbonyl (C=O) groups excluding carboxylic acids is 1. The van der Waals surface area contributed by atoms with Crippen LogP contribution in [0, 0.1) is 0 Å². The van der Waals surface area contributed by atoms with Crippen molar-refractivity contribution in [1.29, 1.82) is 0 Å². The lowest BCUT2D eigenvalue weighted by Gasteiger charge is -2.19. The number of aromatic amines is 1. The molecule has 1 aromatic heterocycles. The number of hydrogen-bond acceptors (Lipinski definition) is 3. The summed E-state index contributed by atoms with van der Waals surface area (Å²) in [6.45, 7) is 2.12. The number of aryl methyl sites for hydroxylation is 1. The highest BCUT2D eigenvalue weighted by atomic mass is 16.5. The number of rotatable bonds is 7. The highest BCUT2D eigenvalue weighted by molar-refractivity contribution is 6.12. The Kier molecular flexibility index (Phi) is 5.34. The van der Waals surface area contributed by atoms with E-state index in [0.29, 0.717) is 5.56 Å². The molecule has 0 radical (unpaired) electrons.